The van der Waals surface area contributed by atoms with Crippen LogP contribution in [0.2, 0.25) is 0 Å². The minimum atomic E-state index is -0.0591. The Morgan fingerprint density at radius 3 is 2.70 bits per heavy atom. The third-order valence-electron chi connectivity index (χ3n) is 4.36. The smallest absolute Gasteiger partial charge is 0.260 e. The summed E-state index contributed by atoms with van der Waals surface area (Å²) in [6.45, 7) is 4.73. The van der Waals surface area contributed by atoms with Crippen LogP contribution in [0.15, 0.2) is 76.4 Å². The Labute approximate surface area is 192 Å². The fraction of sp³-hybridized carbons (Fsp3) is 0.174. The van der Waals surface area contributed by atoms with Crippen LogP contribution in [0.5, 0.6) is 0 Å². The van der Waals surface area contributed by atoms with E-state index >= 15 is 0 Å². The fourth-order valence-corrected chi connectivity index (χ4v) is 5.44. The van der Waals surface area contributed by atoms with Gasteiger partial charge in [0, 0.05) is 32.6 Å². The summed E-state index contributed by atoms with van der Waals surface area (Å²) in [4.78, 5) is 25.3. The van der Waals surface area contributed by atoms with E-state index in [4.69, 9.17) is 4.98 Å². The van der Waals surface area contributed by atoms with Gasteiger partial charge in [0.05, 0.1) is 16.8 Å². The molecule has 0 unspecified atom stereocenters. The minimum Gasteiger partial charge on any atom is -0.279 e. The van der Waals surface area contributed by atoms with Crippen molar-refractivity contribution in [3.63, 3.8) is 0 Å². The molecule has 4 nitrogen and oxygen atoms in total. The number of halogens is 1. The summed E-state index contributed by atoms with van der Waals surface area (Å²) in [5, 5.41) is 1.14. The van der Waals surface area contributed by atoms with Gasteiger partial charge >= 0.3 is 0 Å². The monoisotopic (exact) mass is 497 g/mol. The Hall–Kier alpha value is -2.22. The van der Waals surface area contributed by atoms with Crippen molar-refractivity contribution in [1.82, 2.24) is 9.97 Å². The molecule has 0 N–H and O–H groups in total. The van der Waals surface area contributed by atoms with Gasteiger partial charge in [-0.2, -0.15) is 0 Å². The molecule has 4 aromatic rings. The topological polar surface area (TPSA) is 46.1 Å². The summed E-state index contributed by atoms with van der Waals surface area (Å²) < 4.78 is 2.03. The standard InChI is InChI=1S/C23H20BrN3OS2/c1-15(2)29-19-5-3-4-17(12-19)22(28)27(14-16-8-10-25-11-9-16)23-26-20-7-6-18(24)13-21(20)30-23/h3-13,15H,14H2,1-2H3. The molecule has 2 aromatic heterocycles. The van der Waals surface area contributed by atoms with E-state index in [-0.39, 0.29) is 5.91 Å². The van der Waals surface area contributed by atoms with Crippen molar-refractivity contribution in [3.8, 4) is 0 Å². The van der Waals surface area contributed by atoms with Gasteiger partial charge in [-0.3, -0.25) is 14.7 Å². The van der Waals surface area contributed by atoms with Crippen LogP contribution in [-0.4, -0.2) is 21.1 Å². The SMILES string of the molecule is CC(C)Sc1cccc(C(=O)N(Cc2ccncc2)c2nc3ccc(Br)cc3s2)c1. The molecule has 0 aliphatic rings. The van der Waals surface area contributed by atoms with Gasteiger partial charge in [0.2, 0.25) is 0 Å². The average molecular weight is 498 g/mol. The zero-order valence-electron chi connectivity index (χ0n) is 16.6. The van der Waals surface area contributed by atoms with Crippen molar-refractivity contribution >= 4 is 60.3 Å². The van der Waals surface area contributed by atoms with Gasteiger partial charge in [-0.25, -0.2) is 4.98 Å². The van der Waals surface area contributed by atoms with Crippen LogP contribution in [-0.2, 0) is 6.54 Å². The van der Waals surface area contributed by atoms with Gasteiger partial charge in [0.15, 0.2) is 5.13 Å². The number of carbonyl (C=O) groups excluding carboxylic acids is 1. The molecule has 0 atom stereocenters. The van der Waals surface area contributed by atoms with Crippen molar-refractivity contribution in [1.29, 1.82) is 0 Å². The van der Waals surface area contributed by atoms with Crippen LogP contribution in [0, 0.1) is 0 Å². The first-order valence-electron chi connectivity index (χ1n) is 9.53. The highest BCUT2D eigenvalue weighted by Gasteiger charge is 2.22. The number of fused-ring (bicyclic) bond motifs is 1. The van der Waals surface area contributed by atoms with Crippen molar-refractivity contribution < 1.29 is 4.79 Å². The molecule has 2 aromatic carbocycles. The first kappa shape index (κ1) is 21.0. The Morgan fingerprint density at radius 1 is 1.13 bits per heavy atom. The summed E-state index contributed by atoms with van der Waals surface area (Å²) in [6.07, 6.45) is 3.49. The van der Waals surface area contributed by atoms with Gasteiger partial charge in [-0.1, -0.05) is 47.2 Å². The summed E-state index contributed by atoms with van der Waals surface area (Å²) in [5.41, 5.74) is 2.55. The molecule has 0 bridgehead atoms. The Kier molecular flexibility index (Phi) is 6.51. The molecular formula is C23H20BrN3OS2. The lowest BCUT2D eigenvalue weighted by Gasteiger charge is -2.20. The van der Waals surface area contributed by atoms with Gasteiger partial charge < -0.3 is 0 Å². The number of pyridine rings is 1. The lowest BCUT2D eigenvalue weighted by Crippen LogP contribution is -2.30. The first-order chi connectivity index (χ1) is 14.5. The molecule has 2 heterocycles. The van der Waals surface area contributed by atoms with E-state index in [2.05, 4.69) is 34.8 Å². The molecule has 152 valence electrons. The molecule has 0 spiro atoms. The number of benzene rings is 2. The number of nitrogens with zero attached hydrogens (tertiary/aromatic N) is 3. The van der Waals surface area contributed by atoms with E-state index < -0.39 is 0 Å². The molecule has 0 aliphatic carbocycles. The molecule has 4 rings (SSSR count). The zero-order valence-corrected chi connectivity index (χ0v) is 19.8. The van der Waals surface area contributed by atoms with Crippen LogP contribution >= 0.6 is 39.0 Å². The minimum absolute atomic E-state index is 0.0591. The Balaban J connectivity index is 1.73. The normalized spacial score (nSPS) is 11.2. The number of amides is 1. The van der Waals surface area contributed by atoms with Gasteiger partial charge in [-0.15, -0.1) is 11.8 Å². The van der Waals surface area contributed by atoms with Crippen LogP contribution < -0.4 is 4.90 Å². The Morgan fingerprint density at radius 2 is 1.93 bits per heavy atom. The van der Waals surface area contributed by atoms with Crippen LogP contribution in [0.1, 0.15) is 29.8 Å². The number of thioether (sulfide) groups is 1. The molecule has 0 saturated carbocycles. The number of aromatic nitrogens is 2. The molecule has 30 heavy (non-hydrogen) atoms. The number of anilines is 1. The second-order valence-corrected chi connectivity index (χ2v) is 10.6. The average Bonchev–Trinajstić information content (AvgIpc) is 3.15. The van der Waals surface area contributed by atoms with Crippen molar-refractivity contribution in [2.45, 2.75) is 30.5 Å². The molecule has 0 radical (unpaired) electrons. The third-order valence-corrected chi connectivity index (χ3v) is 6.89. The highest BCUT2D eigenvalue weighted by atomic mass is 79.9. The zero-order chi connectivity index (χ0) is 21.1. The second-order valence-electron chi connectivity index (χ2n) is 7.05. The van der Waals surface area contributed by atoms with Gasteiger partial charge in [0.25, 0.3) is 5.91 Å². The maximum atomic E-state index is 13.6. The van der Waals surface area contributed by atoms with E-state index in [0.717, 1.165) is 25.1 Å². The molecule has 1 amide bonds. The Bertz CT molecular complexity index is 1180. The van der Waals surface area contributed by atoms with Crippen LogP contribution in [0.3, 0.4) is 0 Å². The van der Waals surface area contributed by atoms with Gasteiger partial charge in [-0.05, 0) is 54.1 Å². The lowest BCUT2D eigenvalue weighted by atomic mass is 10.2. The molecule has 7 heteroatoms. The quantitative estimate of drug-likeness (QED) is 0.274. The predicted molar refractivity (Wildman–Crippen MR) is 130 cm³/mol. The van der Waals surface area contributed by atoms with E-state index in [1.165, 1.54) is 11.3 Å². The predicted octanol–water partition coefficient (Wildman–Crippen LogP) is 6.80. The van der Waals surface area contributed by atoms with E-state index in [1.54, 1.807) is 29.1 Å². The number of hydrogen-bond donors (Lipinski definition) is 0. The molecule has 0 aliphatic heterocycles. The molecule has 0 fully saturated rings. The third kappa shape index (κ3) is 4.91. The summed E-state index contributed by atoms with van der Waals surface area (Å²) in [5.74, 6) is -0.0591. The van der Waals surface area contributed by atoms with Crippen LogP contribution in [0.25, 0.3) is 10.2 Å². The number of thiazole rings is 1. The van der Waals surface area contributed by atoms with Crippen molar-refractivity contribution in [3.05, 3.63) is 82.6 Å². The van der Waals surface area contributed by atoms with E-state index in [0.29, 0.717) is 22.5 Å². The number of hydrogen-bond acceptors (Lipinski definition) is 5. The van der Waals surface area contributed by atoms with Crippen LogP contribution in [0.4, 0.5) is 5.13 Å². The highest BCUT2D eigenvalue weighted by molar-refractivity contribution is 9.10. The largest absolute Gasteiger partial charge is 0.279 e. The molecular weight excluding hydrogens is 478 g/mol. The number of carbonyl (C=O) groups is 1. The maximum absolute atomic E-state index is 13.6. The summed E-state index contributed by atoms with van der Waals surface area (Å²) >= 11 is 6.78. The van der Waals surface area contributed by atoms with E-state index in [1.807, 2.05) is 54.6 Å². The van der Waals surface area contributed by atoms with Crippen molar-refractivity contribution in [2.24, 2.45) is 0 Å². The number of rotatable bonds is 6. The second kappa shape index (κ2) is 9.29. The summed E-state index contributed by atoms with van der Waals surface area (Å²) in [7, 11) is 0. The van der Waals surface area contributed by atoms with Gasteiger partial charge in [0.1, 0.15) is 0 Å². The lowest BCUT2D eigenvalue weighted by molar-refractivity contribution is 0.0985. The first-order valence-corrected chi connectivity index (χ1v) is 12.0. The molecule has 0 saturated heterocycles. The van der Waals surface area contributed by atoms with E-state index in [9.17, 15) is 4.79 Å². The summed E-state index contributed by atoms with van der Waals surface area (Å²) in [6, 6.07) is 17.6. The highest BCUT2D eigenvalue weighted by Crippen LogP contribution is 2.33. The maximum Gasteiger partial charge on any atom is 0.260 e. The van der Waals surface area contributed by atoms with Crippen molar-refractivity contribution in [2.75, 3.05) is 4.90 Å². The fourth-order valence-electron chi connectivity index (χ4n) is 3.03.